The monoisotopic (exact) mass is 341 g/mol. The van der Waals surface area contributed by atoms with E-state index in [9.17, 15) is 4.79 Å². The standard InChI is InChI=1S/C19H23N3OS/c1-12-15(13(2)21-19(24)20-12)10-11-18(23)22-17-9-5-7-14-6-3-4-8-16(14)17/h3-4,6,8,17H,5,7,9-11H2,1-2H3,(H,22,23)(H,20,21,24)/t17-/m0/s1. The zero-order chi connectivity index (χ0) is 17.1. The van der Waals surface area contributed by atoms with Crippen molar-refractivity contribution in [2.45, 2.75) is 52.0 Å². The van der Waals surface area contributed by atoms with Gasteiger partial charge < -0.3 is 10.3 Å². The van der Waals surface area contributed by atoms with Crippen molar-refractivity contribution < 1.29 is 4.79 Å². The van der Waals surface area contributed by atoms with Crippen molar-refractivity contribution >= 4 is 18.1 Å². The second-order valence-corrected chi connectivity index (χ2v) is 6.83. The number of aromatic amines is 1. The fourth-order valence-corrected chi connectivity index (χ4v) is 3.82. The van der Waals surface area contributed by atoms with Crippen LogP contribution in [-0.2, 0) is 17.6 Å². The maximum atomic E-state index is 12.4. The number of hydrogen-bond donors (Lipinski definition) is 2. The Bertz CT molecular complexity index is 786. The summed E-state index contributed by atoms with van der Waals surface area (Å²) in [4.78, 5) is 19.8. The van der Waals surface area contributed by atoms with Crippen LogP contribution in [0.5, 0.6) is 0 Å². The van der Waals surface area contributed by atoms with Gasteiger partial charge in [-0.25, -0.2) is 4.98 Å². The lowest BCUT2D eigenvalue weighted by Crippen LogP contribution is -2.31. The van der Waals surface area contributed by atoms with Crippen molar-refractivity contribution in [3.8, 4) is 0 Å². The number of amides is 1. The van der Waals surface area contributed by atoms with E-state index >= 15 is 0 Å². The van der Waals surface area contributed by atoms with E-state index in [4.69, 9.17) is 12.2 Å². The number of fused-ring (bicyclic) bond motifs is 1. The molecule has 0 unspecified atom stereocenters. The number of benzene rings is 1. The molecule has 4 nitrogen and oxygen atoms in total. The Morgan fingerprint density at radius 1 is 1.38 bits per heavy atom. The van der Waals surface area contributed by atoms with Gasteiger partial charge in [-0.3, -0.25) is 4.79 Å². The van der Waals surface area contributed by atoms with Gasteiger partial charge in [0.2, 0.25) is 5.91 Å². The van der Waals surface area contributed by atoms with Gasteiger partial charge in [0, 0.05) is 17.8 Å². The molecule has 24 heavy (non-hydrogen) atoms. The second kappa shape index (κ2) is 7.26. The van der Waals surface area contributed by atoms with Gasteiger partial charge in [0.25, 0.3) is 0 Å². The summed E-state index contributed by atoms with van der Waals surface area (Å²) in [5.41, 5.74) is 5.63. The average Bonchev–Trinajstić information content (AvgIpc) is 2.54. The number of carbonyl (C=O) groups is 1. The molecule has 1 aliphatic carbocycles. The fraction of sp³-hybridized carbons (Fsp3) is 0.421. The summed E-state index contributed by atoms with van der Waals surface area (Å²) >= 11 is 5.08. The van der Waals surface area contributed by atoms with Gasteiger partial charge >= 0.3 is 0 Å². The van der Waals surface area contributed by atoms with Gasteiger partial charge in [0.05, 0.1) is 6.04 Å². The van der Waals surface area contributed by atoms with Gasteiger partial charge in [-0.1, -0.05) is 24.3 Å². The minimum atomic E-state index is 0.0953. The molecular formula is C19H23N3OS. The molecule has 0 saturated carbocycles. The molecule has 126 valence electrons. The van der Waals surface area contributed by atoms with E-state index in [1.54, 1.807) is 0 Å². The zero-order valence-electron chi connectivity index (χ0n) is 14.2. The molecule has 1 aromatic carbocycles. The van der Waals surface area contributed by atoms with Crippen molar-refractivity contribution in [1.82, 2.24) is 15.3 Å². The predicted octanol–water partition coefficient (Wildman–Crippen LogP) is 3.88. The third-order valence-corrected chi connectivity index (χ3v) is 4.95. The maximum Gasteiger partial charge on any atom is 0.220 e. The molecule has 1 atom stereocenters. The molecule has 1 aromatic heterocycles. The van der Waals surface area contributed by atoms with Gasteiger partial charge in [-0.15, -0.1) is 0 Å². The lowest BCUT2D eigenvalue weighted by Gasteiger charge is -2.26. The number of nitrogens with zero attached hydrogens (tertiary/aromatic N) is 1. The number of hydrogen-bond acceptors (Lipinski definition) is 3. The minimum Gasteiger partial charge on any atom is -0.349 e. The quantitative estimate of drug-likeness (QED) is 0.830. The maximum absolute atomic E-state index is 12.4. The van der Waals surface area contributed by atoms with Crippen LogP contribution < -0.4 is 5.32 Å². The van der Waals surface area contributed by atoms with E-state index < -0.39 is 0 Å². The van der Waals surface area contributed by atoms with Crippen molar-refractivity contribution in [3.63, 3.8) is 0 Å². The summed E-state index contributed by atoms with van der Waals surface area (Å²) in [6, 6.07) is 8.56. The molecule has 0 spiro atoms. The summed E-state index contributed by atoms with van der Waals surface area (Å²) in [7, 11) is 0. The van der Waals surface area contributed by atoms with Crippen LogP contribution in [0.25, 0.3) is 0 Å². The van der Waals surface area contributed by atoms with Crippen LogP contribution >= 0.6 is 12.2 Å². The number of aryl methyl sites for hydroxylation is 3. The number of rotatable bonds is 4. The van der Waals surface area contributed by atoms with Crippen LogP contribution in [0.15, 0.2) is 24.3 Å². The minimum absolute atomic E-state index is 0.0953. The van der Waals surface area contributed by atoms with Crippen molar-refractivity contribution in [2.24, 2.45) is 0 Å². The molecular weight excluding hydrogens is 318 g/mol. The van der Waals surface area contributed by atoms with E-state index in [0.29, 0.717) is 17.6 Å². The number of carbonyl (C=O) groups excluding carboxylic acids is 1. The molecule has 2 aromatic rings. The van der Waals surface area contributed by atoms with E-state index in [2.05, 4.69) is 33.5 Å². The molecule has 0 saturated heterocycles. The fourth-order valence-electron chi connectivity index (χ4n) is 3.53. The Morgan fingerprint density at radius 2 is 2.17 bits per heavy atom. The molecule has 1 heterocycles. The SMILES string of the molecule is Cc1nc(=S)[nH]c(C)c1CCC(=O)N[C@H]1CCCc2ccccc21. The molecule has 0 radical (unpaired) electrons. The summed E-state index contributed by atoms with van der Waals surface area (Å²) in [6.45, 7) is 3.93. The Morgan fingerprint density at radius 3 is 2.96 bits per heavy atom. The molecule has 0 aliphatic heterocycles. The molecule has 1 aliphatic rings. The predicted molar refractivity (Wildman–Crippen MR) is 97.5 cm³/mol. The lowest BCUT2D eigenvalue weighted by molar-refractivity contribution is -0.121. The van der Waals surface area contributed by atoms with E-state index in [-0.39, 0.29) is 11.9 Å². The van der Waals surface area contributed by atoms with Crippen LogP contribution in [0, 0.1) is 18.6 Å². The average molecular weight is 341 g/mol. The second-order valence-electron chi connectivity index (χ2n) is 6.44. The topological polar surface area (TPSA) is 57.8 Å². The van der Waals surface area contributed by atoms with Crippen LogP contribution in [-0.4, -0.2) is 15.9 Å². The normalized spacial score (nSPS) is 16.5. The highest BCUT2D eigenvalue weighted by molar-refractivity contribution is 7.71. The van der Waals surface area contributed by atoms with E-state index in [1.165, 1.54) is 11.1 Å². The van der Waals surface area contributed by atoms with Crippen molar-refractivity contribution in [2.75, 3.05) is 0 Å². The molecule has 1 amide bonds. The summed E-state index contributed by atoms with van der Waals surface area (Å²) in [5, 5.41) is 3.21. The van der Waals surface area contributed by atoms with Crippen LogP contribution in [0.4, 0.5) is 0 Å². The molecule has 5 heteroatoms. The van der Waals surface area contributed by atoms with Gasteiger partial charge in [0.15, 0.2) is 4.77 Å². The Kier molecular flexibility index (Phi) is 5.09. The van der Waals surface area contributed by atoms with E-state index in [1.807, 2.05) is 19.9 Å². The third kappa shape index (κ3) is 3.73. The smallest absolute Gasteiger partial charge is 0.220 e. The number of nitrogens with one attached hydrogen (secondary N) is 2. The van der Waals surface area contributed by atoms with Crippen LogP contribution in [0.2, 0.25) is 0 Å². The first-order valence-corrected chi connectivity index (χ1v) is 8.89. The highest BCUT2D eigenvalue weighted by atomic mass is 32.1. The molecule has 2 N–H and O–H groups in total. The van der Waals surface area contributed by atoms with Gasteiger partial charge in [-0.05, 0) is 68.4 Å². The Hall–Kier alpha value is -2.01. The first kappa shape index (κ1) is 16.8. The summed E-state index contributed by atoms with van der Waals surface area (Å²) in [5.74, 6) is 0.0953. The van der Waals surface area contributed by atoms with E-state index in [0.717, 1.165) is 36.2 Å². The zero-order valence-corrected chi connectivity index (χ0v) is 15.0. The first-order chi connectivity index (χ1) is 11.5. The van der Waals surface area contributed by atoms with Gasteiger partial charge in [0.1, 0.15) is 0 Å². The van der Waals surface area contributed by atoms with Crippen LogP contribution in [0.3, 0.4) is 0 Å². The third-order valence-electron chi connectivity index (χ3n) is 4.76. The number of aromatic nitrogens is 2. The van der Waals surface area contributed by atoms with Gasteiger partial charge in [-0.2, -0.15) is 0 Å². The molecule has 0 bridgehead atoms. The molecule has 3 rings (SSSR count). The number of H-pyrrole nitrogens is 1. The first-order valence-electron chi connectivity index (χ1n) is 8.48. The van der Waals surface area contributed by atoms with Crippen molar-refractivity contribution in [1.29, 1.82) is 0 Å². The highest BCUT2D eigenvalue weighted by Gasteiger charge is 2.21. The summed E-state index contributed by atoms with van der Waals surface area (Å²) in [6.07, 6.45) is 4.39. The lowest BCUT2D eigenvalue weighted by atomic mass is 9.87. The van der Waals surface area contributed by atoms with Crippen molar-refractivity contribution in [3.05, 3.63) is 57.1 Å². The largest absolute Gasteiger partial charge is 0.349 e. The van der Waals surface area contributed by atoms with Crippen LogP contribution in [0.1, 0.15) is 53.4 Å². The Balaban J connectivity index is 1.64. The Labute approximate surface area is 147 Å². The molecule has 0 fully saturated rings. The summed E-state index contributed by atoms with van der Waals surface area (Å²) < 4.78 is 0.497. The highest BCUT2D eigenvalue weighted by Crippen LogP contribution is 2.29.